The van der Waals surface area contributed by atoms with Gasteiger partial charge in [-0.25, -0.2) is 0 Å². The Kier molecular flexibility index (Phi) is 17.2. The van der Waals surface area contributed by atoms with Crippen molar-refractivity contribution in [3.8, 4) is 0 Å². The minimum Gasteiger partial charge on any atom is -0.519 e. The molecule has 0 aliphatic rings. The van der Waals surface area contributed by atoms with Gasteiger partial charge in [-0.2, -0.15) is 0 Å². The number of carbonyl (C=O) groups excluding carboxylic acids is 1. The van der Waals surface area contributed by atoms with Crippen molar-refractivity contribution in [3.05, 3.63) is 0 Å². The molecule has 0 amide bonds. The zero-order valence-electron chi connectivity index (χ0n) is 21.2. The average Bonchev–Trinajstić information content (AvgIpc) is 2.59. The minimum absolute atomic E-state index is 0.0248. The highest BCUT2D eigenvalue weighted by molar-refractivity contribution is 6.75. The van der Waals surface area contributed by atoms with Crippen LogP contribution in [0.25, 0.3) is 0 Å². The Morgan fingerprint density at radius 2 is 0.897 bits per heavy atom. The van der Waals surface area contributed by atoms with Crippen molar-refractivity contribution in [1.29, 1.82) is 0 Å². The van der Waals surface area contributed by atoms with Gasteiger partial charge in [-0.15, -0.1) is 0 Å². The van der Waals surface area contributed by atoms with E-state index < -0.39 is 8.32 Å². The van der Waals surface area contributed by atoms with E-state index in [1.165, 1.54) is 95.2 Å². The molecule has 2 nitrogen and oxygen atoms in total. The molecule has 0 aromatic heterocycles. The summed E-state index contributed by atoms with van der Waals surface area (Å²) in [6, 6.07) is 3.58. The Morgan fingerprint density at radius 1 is 0.586 bits per heavy atom. The molecule has 0 saturated heterocycles. The summed E-state index contributed by atoms with van der Waals surface area (Å²) >= 11 is 0. The molecule has 0 spiro atoms. The summed E-state index contributed by atoms with van der Waals surface area (Å²) < 4.78 is 6.22. The molecule has 0 saturated carbocycles. The fraction of sp³-hybridized carbons (Fsp3) is 0.962. The minimum atomic E-state index is -1.94. The lowest BCUT2D eigenvalue weighted by molar-refractivity contribution is -0.132. The zero-order chi connectivity index (χ0) is 22.1. The maximum Gasteiger partial charge on any atom is 0.289 e. The highest BCUT2D eigenvalue weighted by Gasteiger charge is 2.36. The van der Waals surface area contributed by atoms with Crippen molar-refractivity contribution in [2.45, 2.75) is 144 Å². The highest BCUT2D eigenvalue weighted by atomic mass is 28.4. The van der Waals surface area contributed by atoms with E-state index >= 15 is 0 Å². The molecule has 0 atom stereocenters. The molecular formula is C26H54O2Si. The fourth-order valence-corrected chi connectivity index (χ4v) is 8.71. The van der Waals surface area contributed by atoms with Crippen molar-refractivity contribution in [3.63, 3.8) is 0 Å². The third kappa shape index (κ3) is 18.2. The Hall–Kier alpha value is -0.313. The van der Waals surface area contributed by atoms with Crippen molar-refractivity contribution in [2.24, 2.45) is 17.8 Å². The van der Waals surface area contributed by atoms with Crippen molar-refractivity contribution in [2.75, 3.05) is 0 Å². The first-order chi connectivity index (χ1) is 13.7. The largest absolute Gasteiger partial charge is 0.519 e. The number of hydrogen-bond donors (Lipinski definition) is 0. The predicted octanol–water partition coefficient (Wildman–Crippen LogP) is 9.14. The van der Waals surface area contributed by atoms with Crippen LogP contribution < -0.4 is 0 Å². The molecule has 0 heterocycles. The van der Waals surface area contributed by atoms with Crippen molar-refractivity contribution < 1.29 is 9.22 Å². The predicted molar refractivity (Wildman–Crippen MR) is 132 cm³/mol. The first-order valence-electron chi connectivity index (χ1n) is 12.9. The van der Waals surface area contributed by atoms with Gasteiger partial charge in [0.1, 0.15) is 0 Å². The first-order valence-corrected chi connectivity index (χ1v) is 15.4. The quantitative estimate of drug-likeness (QED) is 0.152. The molecular weight excluding hydrogens is 372 g/mol. The molecule has 174 valence electrons. The number of carbonyl (C=O) groups is 1. The van der Waals surface area contributed by atoms with Crippen LogP contribution in [0.5, 0.6) is 0 Å². The summed E-state index contributed by atoms with van der Waals surface area (Å²) in [5, 5.41) is 0. The van der Waals surface area contributed by atoms with Gasteiger partial charge in [0.25, 0.3) is 14.3 Å². The van der Waals surface area contributed by atoms with E-state index in [1.54, 1.807) is 6.92 Å². The molecule has 0 aliphatic heterocycles. The fourth-order valence-electron chi connectivity index (χ4n) is 4.36. The van der Waals surface area contributed by atoms with Crippen LogP contribution in [0.4, 0.5) is 0 Å². The van der Waals surface area contributed by atoms with Crippen LogP contribution in [-0.2, 0) is 9.22 Å². The van der Waals surface area contributed by atoms with Crippen LogP contribution in [0.1, 0.15) is 126 Å². The summed E-state index contributed by atoms with van der Waals surface area (Å²) in [4.78, 5) is 12.0. The molecule has 0 unspecified atom stereocenters. The summed E-state index contributed by atoms with van der Waals surface area (Å²) in [6.45, 7) is 15.5. The monoisotopic (exact) mass is 426 g/mol. The van der Waals surface area contributed by atoms with E-state index in [9.17, 15) is 4.79 Å². The highest BCUT2D eigenvalue weighted by Crippen LogP contribution is 2.31. The number of unbranched alkanes of at least 4 members (excludes halogenated alkanes) is 6. The third-order valence-electron chi connectivity index (χ3n) is 6.10. The Balaban J connectivity index is 4.71. The van der Waals surface area contributed by atoms with Crippen LogP contribution >= 0.6 is 0 Å². The second kappa shape index (κ2) is 17.4. The Morgan fingerprint density at radius 3 is 1.14 bits per heavy atom. The first kappa shape index (κ1) is 28.7. The SMILES string of the molecule is CC(=O)O[Si](CCCCCC(C)C)(CCCCCC(C)C)CCCCCC(C)C. The molecule has 0 aromatic rings. The number of hydrogen-bond acceptors (Lipinski definition) is 2. The van der Waals surface area contributed by atoms with Gasteiger partial charge in [0.05, 0.1) is 0 Å². The lowest BCUT2D eigenvalue weighted by Gasteiger charge is -2.31. The topological polar surface area (TPSA) is 26.3 Å². The molecule has 0 aromatic carbocycles. The van der Waals surface area contributed by atoms with Gasteiger partial charge in [0.2, 0.25) is 0 Å². The van der Waals surface area contributed by atoms with E-state index in [1.807, 2.05) is 0 Å². The molecule has 3 heteroatoms. The standard InChI is InChI=1S/C26H54O2Si/c1-23(2)17-11-8-14-20-29(28-26(7)27,21-15-9-12-18-24(3)4)22-16-10-13-19-25(5)6/h23-25H,8-22H2,1-7H3. The van der Waals surface area contributed by atoms with E-state index in [-0.39, 0.29) is 5.97 Å². The normalized spacial score (nSPS) is 12.3. The summed E-state index contributed by atoms with van der Waals surface area (Å²) in [6.07, 6.45) is 15.6. The second-order valence-electron chi connectivity index (χ2n) is 10.8. The van der Waals surface area contributed by atoms with Gasteiger partial charge in [-0.05, 0) is 35.9 Å². The van der Waals surface area contributed by atoms with Gasteiger partial charge < -0.3 is 4.43 Å². The van der Waals surface area contributed by atoms with E-state index in [0.717, 1.165) is 17.8 Å². The summed E-state index contributed by atoms with van der Waals surface area (Å²) in [7, 11) is -1.94. The molecule has 0 aliphatic carbocycles. The molecule has 0 radical (unpaired) electrons. The van der Waals surface area contributed by atoms with Gasteiger partial charge in [-0.1, -0.05) is 119 Å². The smallest absolute Gasteiger partial charge is 0.289 e. The van der Waals surface area contributed by atoms with E-state index in [2.05, 4.69) is 41.5 Å². The van der Waals surface area contributed by atoms with Crippen LogP contribution in [0.2, 0.25) is 18.1 Å². The third-order valence-corrected chi connectivity index (χ3v) is 10.6. The van der Waals surface area contributed by atoms with Crippen LogP contribution in [0, 0.1) is 17.8 Å². The average molecular weight is 427 g/mol. The maximum absolute atomic E-state index is 12.0. The summed E-state index contributed by atoms with van der Waals surface area (Å²) in [5.74, 6) is 2.37. The Labute approximate surface area is 185 Å². The molecule has 0 bridgehead atoms. The van der Waals surface area contributed by atoms with Crippen LogP contribution in [0.3, 0.4) is 0 Å². The lowest BCUT2D eigenvalue weighted by atomic mass is 10.1. The maximum atomic E-state index is 12.0. The second-order valence-corrected chi connectivity index (χ2v) is 14.8. The number of rotatable bonds is 19. The molecule has 0 fully saturated rings. The van der Waals surface area contributed by atoms with Crippen LogP contribution in [-0.4, -0.2) is 14.3 Å². The zero-order valence-corrected chi connectivity index (χ0v) is 22.2. The molecule has 29 heavy (non-hydrogen) atoms. The van der Waals surface area contributed by atoms with Gasteiger partial charge in [0.15, 0.2) is 0 Å². The van der Waals surface area contributed by atoms with Gasteiger partial charge in [0, 0.05) is 6.92 Å². The van der Waals surface area contributed by atoms with Gasteiger partial charge >= 0.3 is 0 Å². The summed E-state index contributed by atoms with van der Waals surface area (Å²) in [5.41, 5.74) is 0. The molecule has 0 N–H and O–H groups in total. The lowest BCUT2D eigenvalue weighted by Crippen LogP contribution is -2.39. The van der Waals surface area contributed by atoms with Crippen molar-refractivity contribution in [1.82, 2.24) is 0 Å². The van der Waals surface area contributed by atoms with Gasteiger partial charge in [-0.3, -0.25) is 4.79 Å². The van der Waals surface area contributed by atoms with E-state index in [0.29, 0.717) is 0 Å². The Bertz CT molecular complexity index is 345. The van der Waals surface area contributed by atoms with Crippen LogP contribution in [0.15, 0.2) is 0 Å². The molecule has 0 rings (SSSR count). The van der Waals surface area contributed by atoms with E-state index in [4.69, 9.17) is 4.43 Å². The van der Waals surface area contributed by atoms with Crippen molar-refractivity contribution >= 4 is 14.3 Å².